The minimum Gasteiger partial charge on any atom is -0.292 e. The third-order valence-corrected chi connectivity index (χ3v) is 5.23. The molecule has 0 aliphatic carbocycles. The highest BCUT2D eigenvalue weighted by Crippen LogP contribution is 2.23. The molecule has 0 atom stereocenters. The summed E-state index contributed by atoms with van der Waals surface area (Å²) in [4.78, 5) is 12.1. The Morgan fingerprint density at radius 3 is 2.67 bits per heavy atom. The Labute approximate surface area is 96.5 Å². The van der Waals surface area contributed by atoms with Gasteiger partial charge in [0.25, 0.3) is 0 Å². The molecular formula is C8H8ClNO3S2. The molecule has 1 aromatic rings. The van der Waals surface area contributed by atoms with E-state index in [4.69, 9.17) is 11.6 Å². The maximum Gasteiger partial charge on any atom is 0.215 e. The lowest BCUT2D eigenvalue weighted by Gasteiger charge is -2.29. The van der Waals surface area contributed by atoms with Crippen LogP contribution in [0.15, 0.2) is 12.1 Å². The quantitative estimate of drug-likeness (QED) is 0.773. The maximum absolute atomic E-state index is 11.6. The van der Waals surface area contributed by atoms with Crippen LogP contribution >= 0.6 is 22.9 Å². The molecule has 2 heterocycles. The fourth-order valence-corrected chi connectivity index (χ4v) is 3.27. The van der Waals surface area contributed by atoms with E-state index in [2.05, 4.69) is 0 Å². The van der Waals surface area contributed by atoms with Crippen molar-refractivity contribution in [1.29, 1.82) is 0 Å². The summed E-state index contributed by atoms with van der Waals surface area (Å²) >= 11 is 6.85. The zero-order chi connectivity index (χ0) is 11.1. The molecule has 0 N–H and O–H groups in total. The SMILES string of the molecule is O=C(CN1CCS1(=O)=O)c1ccc(Cl)s1. The van der Waals surface area contributed by atoms with Crippen molar-refractivity contribution >= 4 is 38.7 Å². The molecule has 0 saturated carbocycles. The van der Waals surface area contributed by atoms with Crippen molar-refractivity contribution in [2.75, 3.05) is 18.8 Å². The summed E-state index contributed by atoms with van der Waals surface area (Å²) < 4.78 is 24.0. The number of nitrogens with zero attached hydrogens (tertiary/aromatic N) is 1. The highest BCUT2D eigenvalue weighted by molar-refractivity contribution is 7.90. The Kier molecular flexibility index (Phi) is 2.85. The highest BCUT2D eigenvalue weighted by atomic mass is 35.5. The zero-order valence-electron chi connectivity index (χ0n) is 7.64. The molecule has 0 amide bonds. The Bertz CT molecular complexity index is 494. The molecule has 1 aromatic heterocycles. The van der Waals surface area contributed by atoms with Crippen LogP contribution in [0.3, 0.4) is 0 Å². The summed E-state index contributed by atoms with van der Waals surface area (Å²) in [6.07, 6.45) is 0. The first-order valence-electron chi connectivity index (χ1n) is 4.25. The third-order valence-electron chi connectivity index (χ3n) is 2.16. The average molecular weight is 266 g/mol. The standard InChI is InChI=1S/C8H8ClNO3S2/c9-8-2-1-7(14-8)6(11)5-10-3-4-15(10,12)13/h1-2H,3-5H2. The first-order valence-corrected chi connectivity index (χ1v) is 7.06. The van der Waals surface area contributed by atoms with Crippen LogP contribution in [0.4, 0.5) is 0 Å². The number of Topliss-reactive ketones (excluding diaryl/α,β-unsaturated/α-hetero) is 1. The molecule has 82 valence electrons. The zero-order valence-corrected chi connectivity index (χ0v) is 10.0. The van der Waals surface area contributed by atoms with Gasteiger partial charge >= 0.3 is 0 Å². The minimum atomic E-state index is -3.13. The third kappa shape index (κ3) is 2.23. The van der Waals surface area contributed by atoms with Crippen LogP contribution in [0, 0.1) is 0 Å². The number of carbonyl (C=O) groups excluding carboxylic acids is 1. The Morgan fingerprint density at radius 2 is 2.27 bits per heavy atom. The maximum atomic E-state index is 11.6. The second-order valence-electron chi connectivity index (χ2n) is 3.18. The van der Waals surface area contributed by atoms with E-state index in [-0.39, 0.29) is 18.1 Å². The summed E-state index contributed by atoms with van der Waals surface area (Å²) in [6.45, 7) is 0.367. The van der Waals surface area contributed by atoms with Gasteiger partial charge in [0.1, 0.15) is 0 Å². The van der Waals surface area contributed by atoms with E-state index in [9.17, 15) is 13.2 Å². The largest absolute Gasteiger partial charge is 0.292 e. The summed E-state index contributed by atoms with van der Waals surface area (Å²) in [5.74, 6) is -0.0546. The molecule has 1 saturated heterocycles. The molecule has 0 bridgehead atoms. The van der Waals surface area contributed by atoms with Crippen LogP contribution in [0.25, 0.3) is 0 Å². The number of carbonyl (C=O) groups is 1. The molecule has 7 heteroatoms. The van der Waals surface area contributed by atoms with Crippen LogP contribution < -0.4 is 0 Å². The van der Waals surface area contributed by atoms with Gasteiger partial charge in [0.2, 0.25) is 10.0 Å². The lowest BCUT2D eigenvalue weighted by atomic mass is 10.3. The van der Waals surface area contributed by atoms with Gasteiger partial charge in [0.05, 0.1) is 21.5 Å². The number of halogens is 1. The van der Waals surface area contributed by atoms with Crippen molar-refractivity contribution in [1.82, 2.24) is 4.31 Å². The average Bonchev–Trinajstić information content (AvgIpc) is 2.59. The number of hydrogen-bond donors (Lipinski definition) is 0. The van der Waals surface area contributed by atoms with Gasteiger partial charge in [-0.2, -0.15) is 4.31 Å². The molecule has 1 aliphatic rings. The summed E-state index contributed by atoms with van der Waals surface area (Å²) in [6, 6.07) is 3.24. The molecule has 1 aliphatic heterocycles. The first-order chi connectivity index (χ1) is 6.99. The molecule has 0 aromatic carbocycles. The summed E-state index contributed by atoms with van der Waals surface area (Å²) in [5.41, 5.74) is 0. The lowest BCUT2D eigenvalue weighted by Crippen LogP contribution is -2.49. The highest BCUT2D eigenvalue weighted by Gasteiger charge is 2.34. The number of thiophene rings is 1. The second-order valence-corrected chi connectivity index (χ2v) is 6.98. The number of rotatable bonds is 3. The summed E-state index contributed by atoms with van der Waals surface area (Å²) in [5, 5.41) is 0. The Hall–Kier alpha value is -0.430. The molecule has 0 spiro atoms. The van der Waals surface area contributed by atoms with E-state index in [1.807, 2.05) is 0 Å². The van der Waals surface area contributed by atoms with E-state index in [0.717, 1.165) is 0 Å². The van der Waals surface area contributed by atoms with Gasteiger partial charge in [0.15, 0.2) is 5.78 Å². The molecule has 4 nitrogen and oxygen atoms in total. The molecule has 1 fully saturated rings. The van der Waals surface area contributed by atoms with E-state index in [1.165, 1.54) is 15.6 Å². The van der Waals surface area contributed by atoms with Crippen molar-refractivity contribution in [2.45, 2.75) is 0 Å². The van der Waals surface area contributed by atoms with Crippen LogP contribution in [0.1, 0.15) is 9.67 Å². The van der Waals surface area contributed by atoms with E-state index in [1.54, 1.807) is 12.1 Å². The van der Waals surface area contributed by atoms with Crippen LogP contribution in [-0.2, 0) is 10.0 Å². The fraction of sp³-hybridized carbons (Fsp3) is 0.375. The van der Waals surface area contributed by atoms with Gasteiger partial charge in [-0.05, 0) is 12.1 Å². The van der Waals surface area contributed by atoms with Crippen molar-refractivity contribution in [3.8, 4) is 0 Å². The van der Waals surface area contributed by atoms with E-state index >= 15 is 0 Å². The summed E-state index contributed by atoms with van der Waals surface area (Å²) in [7, 11) is -3.13. The molecule has 2 rings (SSSR count). The van der Waals surface area contributed by atoms with Crippen LogP contribution in [0.5, 0.6) is 0 Å². The Balaban J connectivity index is 2.05. The first kappa shape index (κ1) is 11.1. The lowest BCUT2D eigenvalue weighted by molar-refractivity contribution is 0.0966. The van der Waals surface area contributed by atoms with Gasteiger partial charge in [-0.1, -0.05) is 11.6 Å². The number of hydrogen-bond acceptors (Lipinski definition) is 4. The van der Waals surface area contributed by atoms with Crippen LogP contribution in [-0.4, -0.2) is 37.3 Å². The number of ketones is 1. The number of sulfonamides is 1. The minimum absolute atomic E-state index is 0.0703. The molecule has 15 heavy (non-hydrogen) atoms. The predicted octanol–water partition coefficient (Wildman–Crippen LogP) is 1.23. The van der Waals surface area contributed by atoms with E-state index in [0.29, 0.717) is 15.8 Å². The Morgan fingerprint density at radius 1 is 1.53 bits per heavy atom. The smallest absolute Gasteiger partial charge is 0.215 e. The van der Waals surface area contributed by atoms with Gasteiger partial charge in [-0.15, -0.1) is 11.3 Å². The monoisotopic (exact) mass is 265 g/mol. The normalized spacial score (nSPS) is 19.8. The van der Waals surface area contributed by atoms with Gasteiger partial charge in [0, 0.05) is 6.54 Å². The molecule has 0 unspecified atom stereocenters. The second kappa shape index (κ2) is 3.86. The van der Waals surface area contributed by atoms with Gasteiger partial charge in [-0.3, -0.25) is 4.79 Å². The van der Waals surface area contributed by atoms with Gasteiger partial charge in [-0.25, -0.2) is 8.42 Å². The fourth-order valence-electron chi connectivity index (χ4n) is 1.25. The van der Waals surface area contributed by atoms with Crippen molar-refractivity contribution in [3.63, 3.8) is 0 Å². The van der Waals surface area contributed by atoms with Crippen molar-refractivity contribution in [3.05, 3.63) is 21.3 Å². The van der Waals surface area contributed by atoms with Crippen LogP contribution in [0.2, 0.25) is 4.34 Å². The topological polar surface area (TPSA) is 54.5 Å². The molecular weight excluding hydrogens is 258 g/mol. The van der Waals surface area contributed by atoms with Gasteiger partial charge < -0.3 is 0 Å². The van der Waals surface area contributed by atoms with Crippen molar-refractivity contribution < 1.29 is 13.2 Å². The van der Waals surface area contributed by atoms with Crippen molar-refractivity contribution in [2.24, 2.45) is 0 Å². The molecule has 0 radical (unpaired) electrons. The predicted molar refractivity (Wildman–Crippen MR) is 59.0 cm³/mol. The van der Waals surface area contributed by atoms with E-state index < -0.39 is 10.0 Å².